The maximum Gasteiger partial charge on any atom is 0.251 e. The van der Waals surface area contributed by atoms with Crippen LogP contribution >= 0.6 is 0 Å². The lowest BCUT2D eigenvalue weighted by molar-refractivity contribution is 0.0909. The Bertz CT molecular complexity index is 768. The lowest BCUT2D eigenvalue weighted by Crippen LogP contribution is -2.44. The lowest BCUT2D eigenvalue weighted by atomic mass is 10.0. The van der Waals surface area contributed by atoms with Gasteiger partial charge in [-0.2, -0.15) is 0 Å². The fourth-order valence-electron chi connectivity index (χ4n) is 3.74. The summed E-state index contributed by atoms with van der Waals surface area (Å²) in [4.78, 5) is 17.2. The summed E-state index contributed by atoms with van der Waals surface area (Å²) >= 11 is 0. The molecule has 2 aromatic carbocycles. The number of hydrogen-bond acceptors (Lipinski definition) is 3. The summed E-state index contributed by atoms with van der Waals surface area (Å²) in [5, 5.41) is 3.18. The molecule has 0 radical (unpaired) electrons. The average Bonchev–Trinajstić information content (AvgIpc) is 2.75. The number of carbonyl (C=O) groups is 1. The van der Waals surface area contributed by atoms with Crippen molar-refractivity contribution in [2.75, 3.05) is 31.6 Å². The highest BCUT2D eigenvalue weighted by Gasteiger charge is 2.21. The fourth-order valence-corrected chi connectivity index (χ4v) is 3.74. The first-order valence-corrected chi connectivity index (χ1v) is 10.6. The first-order chi connectivity index (χ1) is 14.0. The second-order valence-corrected chi connectivity index (χ2v) is 7.97. The molecule has 1 saturated heterocycles. The van der Waals surface area contributed by atoms with Gasteiger partial charge in [0.25, 0.3) is 5.91 Å². The average molecular weight is 398 g/mol. The Morgan fingerprint density at radius 1 is 1.10 bits per heavy atom. The zero-order valence-electron chi connectivity index (χ0n) is 17.5. The maximum absolute atomic E-state index is 13.0. The summed E-state index contributed by atoms with van der Waals surface area (Å²) in [5.41, 5.74) is 2.98. The van der Waals surface area contributed by atoms with E-state index in [9.17, 15) is 9.18 Å². The molecule has 156 valence electrons. The molecule has 0 saturated carbocycles. The van der Waals surface area contributed by atoms with Gasteiger partial charge in [0.2, 0.25) is 0 Å². The SMILES string of the molecule is CCCCN(C)c1ccc(C(=O)NC2CCN(Cc3ccc(F)cc3)CC2)cc1. The number of benzene rings is 2. The minimum Gasteiger partial charge on any atom is -0.375 e. The smallest absolute Gasteiger partial charge is 0.251 e. The Hall–Kier alpha value is -2.40. The molecule has 1 N–H and O–H groups in total. The lowest BCUT2D eigenvalue weighted by Gasteiger charge is -2.32. The highest BCUT2D eigenvalue weighted by Crippen LogP contribution is 2.17. The number of rotatable bonds is 8. The second kappa shape index (κ2) is 10.4. The number of unbranched alkanes of at least 4 members (excludes halogenated alkanes) is 1. The summed E-state index contributed by atoms with van der Waals surface area (Å²) in [6.07, 6.45) is 4.21. The number of halogens is 1. The largest absolute Gasteiger partial charge is 0.375 e. The number of carbonyl (C=O) groups excluding carboxylic acids is 1. The molecule has 0 aliphatic carbocycles. The molecule has 0 spiro atoms. The van der Waals surface area contributed by atoms with Gasteiger partial charge in [0.1, 0.15) is 5.82 Å². The number of amides is 1. The zero-order chi connectivity index (χ0) is 20.6. The topological polar surface area (TPSA) is 35.6 Å². The van der Waals surface area contributed by atoms with Crippen molar-refractivity contribution in [3.05, 3.63) is 65.5 Å². The third-order valence-electron chi connectivity index (χ3n) is 5.66. The first kappa shape index (κ1) is 21.3. The van der Waals surface area contributed by atoms with E-state index in [4.69, 9.17) is 0 Å². The molecule has 1 aliphatic heterocycles. The first-order valence-electron chi connectivity index (χ1n) is 10.6. The van der Waals surface area contributed by atoms with Crippen LogP contribution in [-0.2, 0) is 6.54 Å². The molecule has 29 heavy (non-hydrogen) atoms. The standard InChI is InChI=1S/C24H32FN3O/c1-3-4-15-27(2)23-11-7-20(8-12-23)24(29)26-22-13-16-28(17-14-22)18-19-5-9-21(25)10-6-19/h5-12,22H,3-4,13-18H2,1-2H3,(H,26,29). The van der Waals surface area contributed by atoms with Crippen molar-refractivity contribution >= 4 is 11.6 Å². The minimum absolute atomic E-state index is 0.00439. The van der Waals surface area contributed by atoms with Gasteiger partial charge in [-0.25, -0.2) is 4.39 Å². The van der Waals surface area contributed by atoms with Crippen LogP contribution in [0.2, 0.25) is 0 Å². The zero-order valence-corrected chi connectivity index (χ0v) is 17.5. The Kier molecular flexibility index (Phi) is 7.64. The number of hydrogen-bond donors (Lipinski definition) is 1. The van der Waals surface area contributed by atoms with E-state index < -0.39 is 0 Å². The third kappa shape index (κ3) is 6.29. The molecule has 1 heterocycles. The van der Waals surface area contributed by atoms with Gasteiger partial charge in [0, 0.05) is 50.5 Å². The Morgan fingerprint density at radius 2 is 1.76 bits per heavy atom. The summed E-state index contributed by atoms with van der Waals surface area (Å²) in [6.45, 7) is 5.91. The Labute approximate surface area is 173 Å². The molecule has 3 rings (SSSR count). The predicted molar refractivity (Wildman–Crippen MR) is 117 cm³/mol. The van der Waals surface area contributed by atoms with Crippen LogP contribution in [0.5, 0.6) is 0 Å². The van der Waals surface area contributed by atoms with Gasteiger partial charge in [-0.1, -0.05) is 25.5 Å². The van der Waals surface area contributed by atoms with Crippen molar-refractivity contribution in [1.29, 1.82) is 0 Å². The normalized spacial score (nSPS) is 15.3. The van der Waals surface area contributed by atoms with Crippen LogP contribution in [0.1, 0.15) is 48.5 Å². The van der Waals surface area contributed by atoms with Gasteiger partial charge in [0.15, 0.2) is 0 Å². The molecule has 5 heteroatoms. The molecule has 4 nitrogen and oxygen atoms in total. The maximum atomic E-state index is 13.0. The molecule has 0 unspecified atom stereocenters. The van der Waals surface area contributed by atoms with E-state index in [0.717, 1.165) is 50.3 Å². The highest BCUT2D eigenvalue weighted by atomic mass is 19.1. The third-order valence-corrected chi connectivity index (χ3v) is 5.66. The van der Waals surface area contributed by atoms with Crippen LogP contribution in [0.3, 0.4) is 0 Å². The van der Waals surface area contributed by atoms with Crippen molar-refractivity contribution in [1.82, 2.24) is 10.2 Å². The van der Waals surface area contributed by atoms with Crippen LogP contribution in [-0.4, -0.2) is 43.5 Å². The van der Waals surface area contributed by atoms with E-state index in [1.54, 1.807) is 0 Å². The predicted octanol–water partition coefficient (Wildman–Crippen LogP) is 4.46. The molecule has 1 fully saturated rings. The molecule has 2 aromatic rings. The van der Waals surface area contributed by atoms with Gasteiger partial charge < -0.3 is 10.2 Å². The van der Waals surface area contributed by atoms with Gasteiger partial charge >= 0.3 is 0 Å². The van der Waals surface area contributed by atoms with Gasteiger partial charge in [-0.15, -0.1) is 0 Å². The van der Waals surface area contributed by atoms with Crippen LogP contribution < -0.4 is 10.2 Å². The number of piperidine rings is 1. The van der Waals surface area contributed by atoms with Crippen molar-refractivity contribution in [3.63, 3.8) is 0 Å². The number of nitrogens with one attached hydrogen (secondary N) is 1. The van der Waals surface area contributed by atoms with E-state index in [0.29, 0.717) is 5.56 Å². The summed E-state index contributed by atoms with van der Waals surface area (Å²) < 4.78 is 13.0. The quantitative estimate of drug-likeness (QED) is 0.715. The van der Waals surface area contributed by atoms with Crippen LogP contribution in [0.15, 0.2) is 48.5 Å². The monoisotopic (exact) mass is 397 g/mol. The van der Waals surface area contributed by atoms with Crippen molar-refractivity contribution in [3.8, 4) is 0 Å². The van der Waals surface area contributed by atoms with E-state index in [1.165, 1.54) is 25.0 Å². The molecule has 0 bridgehead atoms. The van der Waals surface area contributed by atoms with Gasteiger partial charge in [-0.3, -0.25) is 9.69 Å². The minimum atomic E-state index is -0.198. The van der Waals surface area contributed by atoms with Gasteiger partial charge in [-0.05, 0) is 61.2 Å². The van der Waals surface area contributed by atoms with Crippen molar-refractivity contribution in [2.45, 2.75) is 45.2 Å². The van der Waals surface area contributed by atoms with E-state index in [2.05, 4.69) is 29.1 Å². The summed E-state index contributed by atoms with van der Waals surface area (Å²) in [5.74, 6) is -0.194. The molecular weight excluding hydrogens is 365 g/mol. The molecule has 1 amide bonds. The van der Waals surface area contributed by atoms with Crippen LogP contribution in [0.25, 0.3) is 0 Å². The molecule has 0 aromatic heterocycles. The van der Waals surface area contributed by atoms with Gasteiger partial charge in [0.05, 0.1) is 0 Å². The number of nitrogens with zero attached hydrogens (tertiary/aromatic N) is 2. The molecule has 0 atom stereocenters. The van der Waals surface area contributed by atoms with E-state index >= 15 is 0 Å². The Morgan fingerprint density at radius 3 is 2.38 bits per heavy atom. The number of anilines is 1. The van der Waals surface area contributed by atoms with Crippen LogP contribution in [0.4, 0.5) is 10.1 Å². The van der Waals surface area contributed by atoms with Crippen LogP contribution in [0, 0.1) is 5.82 Å². The Balaban J connectivity index is 1.45. The van der Waals surface area contributed by atoms with E-state index in [-0.39, 0.29) is 17.8 Å². The summed E-state index contributed by atoms with van der Waals surface area (Å²) in [6, 6.07) is 14.8. The number of likely N-dealkylation sites (tertiary alicyclic amines) is 1. The van der Waals surface area contributed by atoms with E-state index in [1.807, 2.05) is 36.4 Å². The van der Waals surface area contributed by atoms with Crippen molar-refractivity contribution in [2.24, 2.45) is 0 Å². The van der Waals surface area contributed by atoms with Crippen molar-refractivity contribution < 1.29 is 9.18 Å². The summed E-state index contributed by atoms with van der Waals surface area (Å²) in [7, 11) is 2.09. The highest BCUT2D eigenvalue weighted by molar-refractivity contribution is 5.94. The second-order valence-electron chi connectivity index (χ2n) is 7.97. The molecule has 1 aliphatic rings. The molecular formula is C24H32FN3O. The fraction of sp³-hybridized carbons (Fsp3) is 0.458.